The van der Waals surface area contributed by atoms with Crippen molar-refractivity contribution < 1.29 is 4.79 Å². The van der Waals surface area contributed by atoms with Crippen LogP contribution in [0.25, 0.3) is 6.08 Å². The van der Waals surface area contributed by atoms with Crippen molar-refractivity contribution in [3.05, 3.63) is 94.4 Å². The number of aromatic nitrogens is 1. The first kappa shape index (κ1) is 23.7. The van der Waals surface area contributed by atoms with Crippen LogP contribution in [-0.2, 0) is 11.2 Å². The van der Waals surface area contributed by atoms with Gasteiger partial charge in [0.2, 0.25) is 5.91 Å². The van der Waals surface area contributed by atoms with Crippen LogP contribution in [0.5, 0.6) is 0 Å². The van der Waals surface area contributed by atoms with Crippen LogP contribution in [0.4, 0.5) is 0 Å². The number of piperidine rings is 1. The fraction of sp³-hybridized carbons (Fsp3) is 0.379. The normalized spacial score (nSPS) is 15.8. The Morgan fingerprint density at radius 2 is 1.88 bits per heavy atom. The van der Waals surface area contributed by atoms with Crippen molar-refractivity contribution in [2.24, 2.45) is 5.92 Å². The van der Waals surface area contributed by atoms with Gasteiger partial charge in [-0.15, -0.1) is 0 Å². The molecule has 1 aromatic heterocycles. The minimum absolute atomic E-state index is 0.216. The lowest BCUT2D eigenvalue weighted by molar-refractivity contribution is -0.131. The fourth-order valence-corrected chi connectivity index (χ4v) is 4.37. The second-order valence-electron chi connectivity index (χ2n) is 8.69. The van der Waals surface area contributed by atoms with E-state index in [2.05, 4.69) is 62.2 Å². The Morgan fingerprint density at radius 1 is 1.09 bits per heavy atom. The number of nitrogens with zero attached hydrogens (tertiary/aromatic N) is 2. The maximum Gasteiger partial charge on any atom is 0.226 e. The van der Waals surface area contributed by atoms with Gasteiger partial charge in [-0.25, -0.2) is 0 Å². The summed E-state index contributed by atoms with van der Waals surface area (Å²) < 4.78 is 0. The quantitative estimate of drug-likeness (QED) is 0.479. The summed E-state index contributed by atoms with van der Waals surface area (Å²) in [5.74, 6) is 0.751. The first-order valence-electron chi connectivity index (χ1n) is 11.7. The van der Waals surface area contributed by atoms with Gasteiger partial charge >= 0.3 is 0 Å². The number of benzene rings is 1. The first-order chi connectivity index (χ1) is 15.5. The molecule has 0 saturated carbocycles. The van der Waals surface area contributed by atoms with Gasteiger partial charge in [0.25, 0.3) is 0 Å². The number of carbonyl (C=O) groups excluding carboxylic acids is 1. The largest absolute Gasteiger partial charge is 0.342 e. The lowest BCUT2D eigenvalue weighted by Crippen LogP contribution is -2.38. The van der Waals surface area contributed by atoms with E-state index in [1.54, 1.807) is 6.20 Å². The van der Waals surface area contributed by atoms with Crippen LogP contribution in [0.2, 0.25) is 0 Å². The third-order valence-electron chi connectivity index (χ3n) is 6.65. The van der Waals surface area contributed by atoms with Crippen LogP contribution in [-0.4, -0.2) is 28.9 Å². The number of rotatable bonds is 7. The summed E-state index contributed by atoms with van der Waals surface area (Å²) in [7, 11) is 0. The Kier molecular flexibility index (Phi) is 8.61. The highest BCUT2D eigenvalue weighted by molar-refractivity contribution is 5.78. The molecule has 0 atom stereocenters. The summed E-state index contributed by atoms with van der Waals surface area (Å²) in [6.07, 6.45) is 16.1. The lowest BCUT2D eigenvalue weighted by atomic mass is 9.88. The van der Waals surface area contributed by atoms with E-state index in [0.717, 1.165) is 43.6 Å². The van der Waals surface area contributed by atoms with Gasteiger partial charge in [0.15, 0.2) is 0 Å². The zero-order chi connectivity index (χ0) is 22.9. The van der Waals surface area contributed by atoms with Gasteiger partial charge in [-0.2, -0.15) is 0 Å². The van der Waals surface area contributed by atoms with Crippen LogP contribution >= 0.6 is 0 Å². The number of pyridine rings is 1. The van der Waals surface area contributed by atoms with E-state index in [-0.39, 0.29) is 5.91 Å². The van der Waals surface area contributed by atoms with E-state index >= 15 is 0 Å². The van der Waals surface area contributed by atoms with Gasteiger partial charge in [-0.1, -0.05) is 54.6 Å². The maximum absolute atomic E-state index is 12.6. The number of carbonyl (C=O) groups is 1. The average molecular weight is 429 g/mol. The summed E-state index contributed by atoms with van der Waals surface area (Å²) >= 11 is 0. The lowest BCUT2D eigenvalue weighted by Gasteiger charge is -2.32. The minimum atomic E-state index is 0.216. The smallest absolute Gasteiger partial charge is 0.226 e. The predicted octanol–water partition coefficient (Wildman–Crippen LogP) is 6.39. The van der Waals surface area contributed by atoms with E-state index in [1.807, 2.05) is 36.1 Å². The Labute approximate surface area is 193 Å². The van der Waals surface area contributed by atoms with Crippen molar-refractivity contribution in [1.82, 2.24) is 9.88 Å². The van der Waals surface area contributed by atoms with Gasteiger partial charge in [-0.05, 0) is 86.8 Å². The molecule has 0 unspecified atom stereocenters. The molecule has 1 aliphatic rings. The van der Waals surface area contributed by atoms with Crippen LogP contribution in [0, 0.1) is 26.7 Å². The third-order valence-corrected chi connectivity index (χ3v) is 6.65. The maximum atomic E-state index is 12.6. The van der Waals surface area contributed by atoms with Crippen molar-refractivity contribution in [2.45, 2.75) is 53.4 Å². The van der Waals surface area contributed by atoms with E-state index < -0.39 is 0 Å². The number of likely N-dealkylation sites (tertiary alicyclic amines) is 1. The van der Waals surface area contributed by atoms with Gasteiger partial charge in [-0.3, -0.25) is 9.78 Å². The molecule has 3 heteroatoms. The van der Waals surface area contributed by atoms with Crippen LogP contribution in [0.1, 0.15) is 54.1 Å². The van der Waals surface area contributed by atoms with Gasteiger partial charge in [0.05, 0.1) is 0 Å². The second kappa shape index (κ2) is 11.6. The van der Waals surface area contributed by atoms with Gasteiger partial charge < -0.3 is 4.90 Å². The van der Waals surface area contributed by atoms with E-state index in [4.69, 9.17) is 0 Å². The molecule has 1 saturated heterocycles. The molecule has 0 N–H and O–H groups in total. The molecule has 1 amide bonds. The highest BCUT2D eigenvalue weighted by atomic mass is 16.2. The van der Waals surface area contributed by atoms with Gasteiger partial charge in [0.1, 0.15) is 0 Å². The number of hydrogen-bond acceptors (Lipinski definition) is 2. The summed E-state index contributed by atoms with van der Waals surface area (Å²) in [5.41, 5.74) is 7.59. The molecule has 3 nitrogen and oxygen atoms in total. The van der Waals surface area contributed by atoms with Crippen molar-refractivity contribution in [1.29, 1.82) is 0 Å². The molecule has 168 valence electrons. The summed E-state index contributed by atoms with van der Waals surface area (Å²) in [4.78, 5) is 18.9. The Balaban J connectivity index is 1.48. The SMILES string of the molecule is C/C=C(\C=C/Cc1cccc(C)c1C)C1CCN(C(=O)C/C=C\c2cccnc2C)CC1. The number of hydrogen-bond donors (Lipinski definition) is 0. The molecule has 2 heterocycles. The molecule has 1 aliphatic heterocycles. The number of allylic oxidation sites excluding steroid dienone is 4. The number of aryl methyl sites for hydroxylation is 2. The van der Waals surface area contributed by atoms with Crippen LogP contribution in [0.3, 0.4) is 0 Å². The molecular weight excluding hydrogens is 392 g/mol. The molecule has 0 radical (unpaired) electrons. The molecule has 1 aromatic carbocycles. The molecule has 0 aliphatic carbocycles. The zero-order valence-corrected chi connectivity index (χ0v) is 20.0. The minimum Gasteiger partial charge on any atom is -0.342 e. The first-order valence-corrected chi connectivity index (χ1v) is 11.7. The van der Waals surface area contributed by atoms with E-state index in [9.17, 15) is 4.79 Å². The second-order valence-corrected chi connectivity index (χ2v) is 8.69. The summed E-state index contributed by atoms with van der Waals surface area (Å²) in [5, 5.41) is 0. The van der Waals surface area contributed by atoms with Crippen molar-refractivity contribution in [2.75, 3.05) is 13.1 Å². The van der Waals surface area contributed by atoms with Crippen molar-refractivity contribution in [3.63, 3.8) is 0 Å². The molecule has 2 aromatic rings. The highest BCUT2D eigenvalue weighted by Crippen LogP contribution is 2.26. The van der Waals surface area contributed by atoms with Crippen molar-refractivity contribution >= 4 is 12.0 Å². The molecule has 32 heavy (non-hydrogen) atoms. The standard InChI is InChI=1S/C29H36N2O/c1-5-25(11-7-13-26-12-6-10-22(2)23(26)3)28-17-20-31(21-18-28)29(32)16-8-14-27-15-9-19-30-24(27)4/h5-12,14-15,19,28H,13,16-18,20-21H2,1-4H3/b11-7-,14-8-,25-5+. The molecule has 0 bridgehead atoms. The fourth-order valence-electron chi connectivity index (χ4n) is 4.37. The highest BCUT2D eigenvalue weighted by Gasteiger charge is 2.23. The van der Waals surface area contributed by atoms with Crippen LogP contribution < -0.4 is 0 Å². The van der Waals surface area contributed by atoms with Gasteiger partial charge in [0, 0.05) is 31.4 Å². The van der Waals surface area contributed by atoms with Crippen molar-refractivity contribution in [3.8, 4) is 0 Å². The molecular formula is C29H36N2O. The Bertz CT molecular complexity index is 1010. The molecule has 0 spiro atoms. The predicted molar refractivity (Wildman–Crippen MR) is 134 cm³/mol. The monoisotopic (exact) mass is 428 g/mol. The topological polar surface area (TPSA) is 33.2 Å². The molecule has 3 rings (SSSR count). The number of amides is 1. The Hall–Kier alpha value is -2.94. The summed E-state index contributed by atoms with van der Waals surface area (Å²) in [6.45, 7) is 10.2. The van der Waals surface area contributed by atoms with Crippen LogP contribution in [0.15, 0.2) is 66.4 Å². The van der Waals surface area contributed by atoms with E-state index in [0.29, 0.717) is 12.3 Å². The summed E-state index contributed by atoms with van der Waals surface area (Å²) in [6, 6.07) is 10.5. The Morgan fingerprint density at radius 3 is 2.59 bits per heavy atom. The third kappa shape index (κ3) is 6.29. The zero-order valence-electron chi connectivity index (χ0n) is 20.0. The molecule has 1 fully saturated rings. The average Bonchev–Trinajstić information content (AvgIpc) is 2.81. The van der Waals surface area contributed by atoms with E-state index in [1.165, 1.54) is 22.3 Å².